The molecule has 1 heterocycles. The van der Waals surface area contributed by atoms with Gasteiger partial charge in [-0.05, 0) is 6.42 Å². The summed E-state index contributed by atoms with van der Waals surface area (Å²) in [5.41, 5.74) is 0.790. The first-order valence-electron chi connectivity index (χ1n) is 5.34. The molecule has 0 unspecified atom stereocenters. The van der Waals surface area contributed by atoms with Gasteiger partial charge in [-0.3, -0.25) is 0 Å². The van der Waals surface area contributed by atoms with E-state index in [9.17, 15) is 0 Å². The molecule has 1 rings (SSSR count). The van der Waals surface area contributed by atoms with Gasteiger partial charge in [0.05, 0.1) is 12.8 Å². The highest BCUT2D eigenvalue weighted by atomic mass is 28.4. The van der Waals surface area contributed by atoms with E-state index in [4.69, 9.17) is 18.0 Å². The summed E-state index contributed by atoms with van der Waals surface area (Å²) in [6.07, 6.45) is 2.46. The number of aromatic amines is 1. The SMILES string of the molecule is CO[Si](CCCOCc1cn[nH]n1)(OC)OC. The van der Waals surface area contributed by atoms with Crippen LogP contribution >= 0.6 is 0 Å². The summed E-state index contributed by atoms with van der Waals surface area (Å²) < 4.78 is 21.3. The molecule has 0 saturated heterocycles. The molecule has 98 valence electrons. The molecule has 0 bridgehead atoms. The van der Waals surface area contributed by atoms with E-state index >= 15 is 0 Å². The van der Waals surface area contributed by atoms with E-state index in [1.807, 2.05) is 0 Å². The molecule has 0 aliphatic heterocycles. The lowest BCUT2D eigenvalue weighted by atomic mass is 10.5. The number of hydrogen-bond donors (Lipinski definition) is 1. The number of rotatable bonds is 9. The number of aromatic nitrogens is 3. The number of nitrogens with zero attached hydrogens (tertiary/aromatic N) is 2. The molecule has 1 aromatic rings. The van der Waals surface area contributed by atoms with Crippen LogP contribution in [0.4, 0.5) is 0 Å². The average molecular weight is 261 g/mol. The zero-order valence-corrected chi connectivity index (χ0v) is 11.4. The number of H-pyrrole nitrogens is 1. The van der Waals surface area contributed by atoms with Crippen LogP contribution in [0, 0.1) is 0 Å². The van der Waals surface area contributed by atoms with Gasteiger partial charge in [0.25, 0.3) is 0 Å². The lowest BCUT2D eigenvalue weighted by molar-refractivity contribution is 0.1000. The van der Waals surface area contributed by atoms with Crippen LogP contribution in [0.5, 0.6) is 0 Å². The Kier molecular flexibility index (Phi) is 6.30. The van der Waals surface area contributed by atoms with E-state index in [1.165, 1.54) is 0 Å². The summed E-state index contributed by atoms with van der Waals surface area (Å²) in [6, 6.07) is 0.731. The molecule has 0 aromatic carbocycles. The highest BCUT2D eigenvalue weighted by Gasteiger charge is 2.36. The first-order chi connectivity index (χ1) is 8.26. The Morgan fingerprint density at radius 3 is 2.47 bits per heavy atom. The molecule has 17 heavy (non-hydrogen) atoms. The Balaban J connectivity index is 2.14. The van der Waals surface area contributed by atoms with Gasteiger partial charge >= 0.3 is 8.80 Å². The lowest BCUT2D eigenvalue weighted by Crippen LogP contribution is -2.42. The van der Waals surface area contributed by atoms with Crippen molar-refractivity contribution in [3.63, 3.8) is 0 Å². The molecule has 0 aliphatic rings. The van der Waals surface area contributed by atoms with E-state index in [1.54, 1.807) is 27.5 Å². The van der Waals surface area contributed by atoms with Crippen LogP contribution in [0.15, 0.2) is 6.20 Å². The van der Waals surface area contributed by atoms with Crippen molar-refractivity contribution in [1.82, 2.24) is 15.4 Å². The summed E-state index contributed by atoms with van der Waals surface area (Å²) in [5, 5.41) is 10.1. The maximum atomic E-state index is 5.44. The highest BCUT2D eigenvalue weighted by Crippen LogP contribution is 2.14. The summed E-state index contributed by atoms with van der Waals surface area (Å²) in [6.45, 7) is 1.07. The quantitative estimate of drug-likeness (QED) is 0.518. The maximum Gasteiger partial charge on any atom is 0.500 e. The van der Waals surface area contributed by atoms with Crippen molar-refractivity contribution in [1.29, 1.82) is 0 Å². The summed E-state index contributed by atoms with van der Waals surface area (Å²) in [5.74, 6) is 0. The molecule has 7 nitrogen and oxygen atoms in total. The molecule has 0 radical (unpaired) electrons. The highest BCUT2D eigenvalue weighted by molar-refractivity contribution is 6.60. The monoisotopic (exact) mass is 261 g/mol. The van der Waals surface area contributed by atoms with Gasteiger partial charge in [0, 0.05) is 34.0 Å². The van der Waals surface area contributed by atoms with Crippen LogP contribution in [0.25, 0.3) is 0 Å². The van der Waals surface area contributed by atoms with Gasteiger partial charge in [0.2, 0.25) is 0 Å². The van der Waals surface area contributed by atoms with Gasteiger partial charge in [-0.25, -0.2) is 0 Å². The van der Waals surface area contributed by atoms with Crippen LogP contribution in [-0.2, 0) is 24.6 Å². The molecule has 8 heteroatoms. The molecule has 0 aliphatic carbocycles. The summed E-state index contributed by atoms with van der Waals surface area (Å²) in [4.78, 5) is 0. The first-order valence-corrected chi connectivity index (χ1v) is 7.27. The van der Waals surface area contributed by atoms with Crippen molar-refractivity contribution in [2.24, 2.45) is 0 Å². The van der Waals surface area contributed by atoms with Gasteiger partial charge in [0.1, 0.15) is 5.69 Å². The smallest absolute Gasteiger partial charge is 0.377 e. The zero-order chi connectivity index (χ0) is 12.6. The minimum atomic E-state index is -2.45. The van der Waals surface area contributed by atoms with Crippen molar-refractivity contribution in [3.05, 3.63) is 11.9 Å². The van der Waals surface area contributed by atoms with Crippen molar-refractivity contribution >= 4 is 8.80 Å². The minimum absolute atomic E-state index is 0.456. The fourth-order valence-electron chi connectivity index (χ4n) is 1.42. The summed E-state index contributed by atoms with van der Waals surface area (Å²) >= 11 is 0. The molecule has 1 aromatic heterocycles. The Labute approximate surface area is 102 Å². The second-order valence-corrected chi connectivity index (χ2v) is 6.50. The van der Waals surface area contributed by atoms with Crippen LogP contribution in [0.1, 0.15) is 12.1 Å². The molecule has 0 atom stereocenters. The second-order valence-electron chi connectivity index (χ2n) is 3.41. The number of hydrogen-bond acceptors (Lipinski definition) is 6. The summed E-state index contributed by atoms with van der Waals surface area (Å²) in [7, 11) is 2.37. The normalized spacial score (nSPS) is 11.9. The van der Waals surface area contributed by atoms with Gasteiger partial charge in [-0.2, -0.15) is 15.4 Å². The molecule has 1 N–H and O–H groups in total. The zero-order valence-electron chi connectivity index (χ0n) is 10.4. The van der Waals surface area contributed by atoms with Crippen molar-refractivity contribution in [2.45, 2.75) is 19.1 Å². The molecular weight excluding hydrogens is 242 g/mol. The molecule has 0 spiro atoms. The Morgan fingerprint density at radius 1 is 1.24 bits per heavy atom. The molecule has 0 amide bonds. The third kappa shape index (κ3) is 4.52. The minimum Gasteiger partial charge on any atom is -0.377 e. The molecule has 0 fully saturated rings. The Bertz CT molecular complexity index is 284. The third-order valence-electron chi connectivity index (χ3n) is 2.42. The van der Waals surface area contributed by atoms with E-state index < -0.39 is 8.80 Å². The van der Waals surface area contributed by atoms with Gasteiger partial charge in [0.15, 0.2) is 0 Å². The Morgan fingerprint density at radius 2 is 1.94 bits per heavy atom. The average Bonchev–Trinajstić information content (AvgIpc) is 2.88. The predicted octanol–water partition coefficient (Wildman–Crippen LogP) is 0.589. The van der Waals surface area contributed by atoms with E-state index in [2.05, 4.69) is 15.4 Å². The van der Waals surface area contributed by atoms with E-state index in [0.717, 1.165) is 18.2 Å². The predicted molar refractivity (Wildman–Crippen MR) is 62.2 cm³/mol. The van der Waals surface area contributed by atoms with Crippen LogP contribution in [-0.4, -0.2) is 52.2 Å². The topological polar surface area (TPSA) is 78.5 Å². The number of nitrogens with one attached hydrogen (secondary N) is 1. The Hall–Kier alpha value is -0.803. The van der Waals surface area contributed by atoms with Crippen molar-refractivity contribution < 1.29 is 18.0 Å². The van der Waals surface area contributed by atoms with Gasteiger partial charge < -0.3 is 18.0 Å². The van der Waals surface area contributed by atoms with Gasteiger partial charge in [-0.15, -0.1) is 0 Å². The first kappa shape index (κ1) is 14.3. The fraction of sp³-hybridized carbons (Fsp3) is 0.778. The maximum absolute atomic E-state index is 5.44. The van der Waals surface area contributed by atoms with Gasteiger partial charge in [-0.1, -0.05) is 0 Å². The van der Waals surface area contributed by atoms with E-state index in [0.29, 0.717) is 13.2 Å². The standard InChI is InChI=1S/C9H19N3O4Si/c1-13-17(14-2,15-3)6-4-5-16-8-9-7-10-12-11-9/h7H,4-6,8H2,1-3H3,(H,10,11,12). The van der Waals surface area contributed by atoms with E-state index in [-0.39, 0.29) is 0 Å². The molecular formula is C9H19N3O4Si. The fourth-order valence-corrected chi connectivity index (χ4v) is 3.11. The van der Waals surface area contributed by atoms with Crippen LogP contribution in [0.3, 0.4) is 0 Å². The molecule has 0 saturated carbocycles. The number of ether oxygens (including phenoxy) is 1. The van der Waals surface area contributed by atoms with Crippen LogP contribution < -0.4 is 0 Å². The third-order valence-corrected chi connectivity index (χ3v) is 5.25. The largest absolute Gasteiger partial charge is 0.500 e. The van der Waals surface area contributed by atoms with Crippen molar-refractivity contribution in [3.8, 4) is 0 Å². The second kappa shape index (κ2) is 7.51. The lowest BCUT2D eigenvalue weighted by Gasteiger charge is -2.24. The van der Waals surface area contributed by atoms with Crippen LogP contribution in [0.2, 0.25) is 6.04 Å². The van der Waals surface area contributed by atoms with Crippen molar-refractivity contribution in [2.75, 3.05) is 27.9 Å².